The van der Waals surface area contributed by atoms with Gasteiger partial charge in [0.25, 0.3) is 5.56 Å². The van der Waals surface area contributed by atoms with E-state index in [1.54, 1.807) is 0 Å². The van der Waals surface area contributed by atoms with Gasteiger partial charge in [0.05, 0.1) is 6.61 Å². The Bertz CT molecular complexity index is 339. The van der Waals surface area contributed by atoms with Gasteiger partial charge in [0, 0.05) is 7.11 Å². The molecule has 0 bridgehead atoms. The number of nitrogens with zero attached hydrogens (tertiary/aromatic N) is 1. The van der Waals surface area contributed by atoms with Crippen molar-refractivity contribution in [1.29, 1.82) is 0 Å². The zero-order valence-electron chi connectivity index (χ0n) is 5.88. The molecule has 0 saturated carbocycles. The summed E-state index contributed by atoms with van der Waals surface area (Å²) in [6.45, 7) is 0.0894. The lowest BCUT2D eigenvalue weighted by Gasteiger charge is -1.93. The van der Waals surface area contributed by atoms with Gasteiger partial charge >= 0.3 is 5.69 Å². The third-order valence-corrected chi connectivity index (χ3v) is 1.06. The number of methoxy groups -OCH3 is 1. The fourth-order valence-corrected chi connectivity index (χ4v) is 0.607. The van der Waals surface area contributed by atoms with E-state index in [9.17, 15) is 9.59 Å². The summed E-state index contributed by atoms with van der Waals surface area (Å²) in [5.74, 6) is 0. The summed E-state index contributed by atoms with van der Waals surface area (Å²) < 4.78 is 4.64. The van der Waals surface area contributed by atoms with Crippen LogP contribution in [0.2, 0.25) is 0 Å². The Morgan fingerprint density at radius 2 is 2.27 bits per heavy atom. The number of hydrogen-bond donors (Lipinski definition) is 2. The molecule has 1 rings (SSSR count). The van der Waals surface area contributed by atoms with Gasteiger partial charge in [-0.1, -0.05) is 0 Å². The van der Waals surface area contributed by atoms with Gasteiger partial charge in [-0.3, -0.25) is 9.78 Å². The van der Waals surface area contributed by atoms with Crippen molar-refractivity contribution in [2.24, 2.45) is 0 Å². The first-order valence-corrected chi connectivity index (χ1v) is 2.91. The molecule has 1 heterocycles. The van der Waals surface area contributed by atoms with Gasteiger partial charge in [0.2, 0.25) is 0 Å². The van der Waals surface area contributed by atoms with Gasteiger partial charge in [-0.2, -0.15) is 5.10 Å². The number of H-pyrrole nitrogens is 2. The maximum absolute atomic E-state index is 10.8. The lowest BCUT2D eigenvalue weighted by molar-refractivity contribution is 0.179. The lowest BCUT2D eigenvalue weighted by atomic mass is 10.5. The second-order valence-electron chi connectivity index (χ2n) is 1.89. The maximum atomic E-state index is 10.8. The molecule has 0 fully saturated rings. The van der Waals surface area contributed by atoms with Crippen molar-refractivity contribution in [2.45, 2.75) is 6.61 Å². The Morgan fingerprint density at radius 1 is 1.55 bits per heavy atom. The molecule has 6 nitrogen and oxygen atoms in total. The molecule has 1 aromatic rings. The highest BCUT2D eigenvalue weighted by Crippen LogP contribution is 1.80. The van der Waals surface area contributed by atoms with Crippen molar-refractivity contribution in [3.05, 3.63) is 26.5 Å². The summed E-state index contributed by atoms with van der Waals surface area (Å²) >= 11 is 0. The number of aromatic amines is 2. The van der Waals surface area contributed by atoms with Crippen LogP contribution in [0, 0.1) is 0 Å². The van der Waals surface area contributed by atoms with Crippen molar-refractivity contribution < 1.29 is 4.74 Å². The van der Waals surface area contributed by atoms with E-state index in [0.29, 0.717) is 0 Å². The highest BCUT2D eigenvalue weighted by molar-refractivity contribution is 4.89. The normalized spacial score (nSPS) is 9.91. The monoisotopic (exact) mass is 157 g/mol. The molecule has 0 aliphatic carbocycles. The molecule has 0 unspecified atom stereocenters. The van der Waals surface area contributed by atoms with Crippen molar-refractivity contribution in [1.82, 2.24) is 15.2 Å². The molecule has 2 N–H and O–H groups in total. The first kappa shape index (κ1) is 7.67. The fraction of sp³-hybridized carbons (Fsp3) is 0.400. The van der Waals surface area contributed by atoms with Gasteiger partial charge in [-0.25, -0.2) is 9.89 Å². The van der Waals surface area contributed by atoms with E-state index in [0.717, 1.165) is 0 Å². The van der Waals surface area contributed by atoms with Crippen LogP contribution in [-0.4, -0.2) is 22.3 Å². The summed E-state index contributed by atoms with van der Waals surface area (Å²) in [4.78, 5) is 23.3. The molecule has 0 aromatic carbocycles. The molecular weight excluding hydrogens is 150 g/mol. The zero-order chi connectivity index (χ0) is 8.27. The van der Waals surface area contributed by atoms with E-state index >= 15 is 0 Å². The van der Waals surface area contributed by atoms with Gasteiger partial charge in [0.15, 0.2) is 5.69 Å². The Morgan fingerprint density at radius 3 is 2.82 bits per heavy atom. The van der Waals surface area contributed by atoms with Gasteiger partial charge < -0.3 is 4.74 Å². The van der Waals surface area contributed by atoms with Crippen LogP contribution in [0.3, 0.4) is 0 Å². The molecular formula is C5H7N3O3. The first-order chi connectivity index (χ1) is 5.24. The molecule has 0 spiro atoms. The van der Waals surface area contributed by atoms with E-state index < -0.39 is 11.2 Å². The number of ether oxygens (including phenoxy) is 1. The molecule has 0 aliphatic rings. The molecule has 6 heteroatoms. The van der Waals surface area contributed by atoms with Crippen LogP contribution in [0.25, 0.3) is 0 Å². The van der Waals surface area contributed by atoms with Crippen molar-refractivity contribution in [3.63, 3.8) is 0 Å². The van der Waals surface area contributed by atoms with Crippen molar-refractivity contribution in [3.8, 4) is 0 Å². The zero-order valence-corrected chi connectivity index (χ0v) is 5.88. The smallest absolute Gasteiger partial charge is 0.342 e. The van der Waals surface area contributed by atoms with Crippen molar-refractivity contribution in [2.75, 3.05) is 7.11 Å². The summed E-state index contributed by atoms with van der Waals surface area (Å²) in [6.07, 6.45) is 0. The van der Waals surface area contributed by atoms with Crippen LogP contribution in [0.5, 0.6) is 0 Å². The standard InChI is InChI=1S/C5H7N3O3/c1-11-2-3-4(9)6-5(10)8-7-3/h2H2,1H3,(H2,6,8,9,10). The number of aromatic nitrogens is 3. The Kier molecular flexibility index (Phi) is 2.17. The third-order valence-electron chi connectivity index (χ3n) is 1.06. The van der Waals surface area contributed by atoms with E-state index in [1.165, 1.54) is 7.11 Å². The summed E-state index contributed by atoms with van der Waals surface area (Å²) in [5, 5.41) is 5.55. The molecule has 0 atom stereocenters. The van der Waals surface area contributed by atoms with Crippen LogP contribution < -0.4 is 11.2 Å². The maximum Gasteiger partial charge on any atom is 0.342 e. The summed E-state index contributed by atoms with van der Waals surface area (Å²) in [6, 6.07) is 0. The molecule has 0 saturated heterocycles. The summed E-state index contributed by atoms with van der Waals surface area (Å²) in [5.41, 5.74) is -0.974. The Hall–Kier alpha value is -1.43. The largest absolute Gasteiger partial charge is 0.378 e. The average molecular weight is 157 g/mol. The van der Waals surface area contributed by atoms with Crippen LogP contribution >= 0.6 is 0 Å². The van der Waals surface area contributed by atoms with E-state index in [2.05, 4.69) is 14.9 Å². The molecule has 0 radical (unpaired) electrons. The highest BCUT2D eigenvalue weighted by Gasteiger charge is 1.99. The second kappa shape index (κ2) is 3.11. The SMILES string of the molecule is COCc1n[nH]c(=O)[nH]c1=O. The van der Waals surface area contributed by atoms with Gasteiger partial charge in [-0.05, 0) is 0 Å². The lowest BCUT2D eigenvalue weighted by Crippen LogP contribution is -2.27. The first-order valence-electron chi connectivity index (χ1n) is 2.91. The topological polar surface area (TPSA) is 87.8 Å². The minimum atomic E-state index is -0.616. The average Bonchev–Trinajstić information content (AvgIpc) is 1.95. The minimum Gasteiger partial charge on any atom is -0.378 e. The number of hydrogen-bond acceptors (Lipinski definition) is 4. The molecule has 0 amide bonds. The highest BCUT2D eigenvalue weighted by atomic mass is 16.5. The summed E-state index contributed by atoms with van der Waals surface area (Å²) in [7, 11) is 1.44. The van der Waals surface area contributed by atoms with Crippen molar-refractivity contribution >= 4 is 0 Å². The Balaban J connectivity index is 3.10. The predicted molar refractivity (Wildman–Crippen MR) is 36.2 cm³/mol. The van der Waals surface area contributed by atoms with Crippen LogP contribution in [0.1, 0.15) is 5.69 Å². The molecule has 60 valence electrons. The third kappa shape index (κ3) is 1.74. The van der Waals surface area contributed by atoms with Crippen LogP contribution in [-0.2, 0) is 11.3 Å². The quantitative estimate of drug-likeness (QED) is 0.553. The van der Waals surface area contributed by atoms with Gasteiger partial charge in [0.1, 0.15) is 0 Å². The fourth-order valence-electron chi connectivity index (χ4n) is 0.607. The number of nitrogens with one attached hydrogen (secondary N) is 2. The van der Waals surface area contributed by atoms with E-state index in [1.807, 2.05) is 4.98 Å². The number of rotatable bonds is 2. The minimum absolute atomic E-state index is 0.0894. The van der Waals surface area contributed by atoms with Gasteiger partial charge in [-0.15, -0.1) is 0 Å². The predicted octanol–water partition coefficient (Wildman–Crippen LogP) is -1.40. The van der Waals surface area contributed by atoms with Crippen LogP contribution in [0.4, 0.5) is 0 Å². The Labute approximate surface area is 61.2 Å². The molecule has 0 aliphatic heterocycles. The molecule has 1 aromatic heterocycles. The van der Waals surface area contributed by atoms with Crippen LogP contribution in [0.15, 0.2) is 9.59 Å². The van der Waals surface area contributed by atoms with E-state index in [4.69, 9.17) is 0 Å². The van der Waals surface area contributed by atoms with E-state index in [-0.39, 0.29) is 12.3 Å². The second-order valence-corrected chi connectivity index (χ2v) is 1.89. The molecule has 11 heavy (non-hydrogen) atoms.